The average molecular weight is 524 g/mol. The molecule has 1 aliphatic rings. The first-order chi connectivity index (χ1) is 19.1. The summed E-state index contributed by atoms with van der Waals surface area (Å²) >= 11 is 0. The highest BCUT2D eigenvalue weighted by Gasteiger charge is 2.16. The Hall–Kier alpha value is -4.32. The number of fused-ring (bicyclic) bond motifs is 1. The van der Waals surface area contributed by atoms with Crippen molar-refractivity contribution < 1.29 is 14.2 Å². The number of likely N-dealkylation sites (N-methyl/N-ethyl adjacent to an activating group) is 1. The van der Waals surface area contributed by atoms with Crippen LogP contribution in [0.4, 0.5) is 11.4 Å². The largest absolute Gasteiger partial charge is 0.493 e. The molecule has 0 aliphatic carbocycles. The van der Waals surface area contributed by atoms with Crippen molar-refractivity contribution in [3.63, 3.8) is 0 Å². The Kier molecular flexibility index (Phi) is 8.42. The van der Waals surface area contributed by atoms with Crippen molar-refractivity contribution in [2.45, 2.75) is 6.42 Å². The summed E-state index contributed by atoms with van der Waals surface area (Å²) in [4.78, 5) is 9.36. The van der Waals surface area contributed by atoms with Gasteiger partial charge in [-0.2, -0.15) is 5.26 Å². The molecule has 200 valence electrons. The Balaban J connectivity index is 1.30. The van der Waals surface area contributed by atoms with E-state index in [2.05, 4.69) is 33.2 Å². The van der Waals surface area contributed by atoms with Crippen molar-refractivity contribution in [2.24, 2.45) is 0 Å². The van der Waals surface area contributed by atoms with Crippen molar-refractivity contribution in [1.82, 2.24) is 14.8 Å². The van der Waals surface area contributed by atoms with E-state index in [1.807, 2.05) is 66.7 Å². The van der Waals surface area contributed by atoms with E-state index < -0.39 is 0 Å². The van der Waals surface area contributed by atoms with Gasteiger partial charge in [-0.3, -0.25) is 4.98 Å². The number of hydrogen-bond donors (Lipinski definition) is 1. The molecule has 4 aromatic rings. The number of para-hydroxylation sites is 1. The van der Waals surface area contributed by atoms with Gasteiger partial charge in [-0.15, -0.1) is 0 Å². The number of nitrogens with one attached hydrogen (secondary N) is 1. The first-order valence-corrected chi connectivity index (χ1v) is 13.2. The third kappa shape index (κ3) is 6.58. The molecule has 0 saturated carbocycles. The number of methoxy groups -OCH3 is 1. The van der Waals surface area contributed by atoms with Crippen LogP contribution in [-0.2, 0) is 0 Å². The van der Waals surface area contributed by atoms with Crippen LogP contribution in [0.3, 0.4) is 0 Å². The van der Waals surface area contributed by atoms with Crippen LogP contribution in [-0.4, -0.2) is 68.3 Å². The first kappa shape index (κ1) is 26.3. The van der Waals surface area contributed by atoms with Gasteiger partial charge in [0, 0.05) is 56.1 Å². The lowest BCUT2D eigenvalue weighted by molar-refractivity contribution is 0.145. The Labute approximate surface area is 229 Å². The van der Waals surface area contributed by atoms with Gasteiger partial charge in [0.15, 0.2) is 11.5 Å². The Morgan fingerprint density at radius 2 is 1.69 bits per heavy atom. The molecule has 8 nitrogen and oxygen atoms in total. The minimum absolute atomic E-state index is 0.440. The van der Waals surface area contributed by atoms with Crippen LogP contribution in [0.2, 0.25) is 0 Å². The Morgan fingerprint density at radius 3 is 2.41 bits per heavy atom. The average Bonchev–Trinajstić information content (AvgIpc) is 2.97. The molecule has 0 atom stereocenters. The van der Waals surface area contributed by atoms with E-state index in [4.69, 9.17) is 14.2 Å². The van der Waals surface area contributed by atoms with E-state index in [1.54, 1.807) is 13.3 Å². The highest BCUT2D eigenvalue weighted by molar-refractivity contribution is 5.97. The molecule has 0 radical (unpaired) electrons. The normalized spacial score (nSPS) is 14.1. The second kappa shape index (κ2) is 12.5. The summed E-state index contributed by atoms with van der Waals surface area (Å²) in [5.41, 5.74) is 2.65. The predicted octanol–water partition coefficient (Wildman–Crippen LogP) is 5.67. The second-order valence-electron chi connectivity index (χ2n) is 9.59. The first-order valence-electron chi connectivity index (χ1n) is 13.2. The molecule has 1 aromatic heterocycles. The molecule has 1 saturated heterocycles. The van der Waals surface area contributed by atoms with E-state index in [0.717, 1.165) is 67.2 Å². The number of pyridine rings is 1. The zero-order valence-corrected chi connectivity index (χ0v) is 22.4. The third-order valence-corrected chi connectivity index (χ3v) is 6.85. The molecule has 0 bridgehead atoms. The van der Waals surface area contributed by atoms with Crippen LogP contribution in [0, 0.1) is 11.3 Å². The molecule has 5 rings (SSSR count). The molecule has 39 heavy (non-hydrogen) atoms. The number of piperazine rings is 1. The fraction of sp³-hybridized carbons (Fsp3) is 0.290. The summed E-state index contributed by atoms with van der Waals surface area (Å²) in [6.45, 7) is 6.01. The molecule has 0 unspecified atom stereocenters. The van der Waals surface area contributed by atoms with Gasteiger partial charge in [0.25, 0.3) is 0 Å². The number of rotatable bonds is 10. The molecule has 0 amide bonds. The standard InChI is InChI=1S/C31H33N5O3/c1-35-14-16-36(17-15-35)13-6-18-38-30-20-28-27(19-29(30)37-2)31(23(21-32)22-33-28)34-24-9-11-26(12-10-24)39-25-7-4-3-5-8-25/h3-5,7-12,19-20,22H,6,13-18H2,1-2H3,(H,33,34). The van der Waals surface area contributed by atoms with Crippen molar-refractivity contribution in [3.05, 3.63) is 78.5 Å². The van der Waals surface area contributed by atoms with Crippen molar-refractivity contribution >= 4 is 22.3 Å². The minimum Gasteiger partial charge on any atom is -0.493 e. The van der Waals surface area contributed by atoms with E-state index in [9.17, 15) is 5.26 Å². The minimum atomic E-state index is 0.440. The molecule has 8 heteroatoms. The topological polar surface area (TPSA) is 82.9 Å². The van der Waals surface area contributed by atoms with Crippen molar-refractivity contribution in [1.29, 1.82) is 5.26 Å². The molecule has 3 aromatic carbocycles. The number of nitriles is 1. The molecule has 0 spiro atoms. The van der Waals surface area contributed by atoms with E-state index in [1.165, 1.54) is 0 Å². The lowest BCUT2D eigenvalue weighted by Gasteiger charge is -2.32. The molecule has 1 aliphatic heterocycles. The molecular formula is C31H33N5O3. The number of anilines is 2. The van der Waals surface area contributed by atoms with Gasteiger partial charge in [0.2, 0.25) is 0 Å². The van der Waals surface area contributed by atoms with Crippen LogP contribution in [0.15, 0.2) is 72.9 Å². The number of ether oxygens (including phenoxy) is 3. The predicted molar refractivity (Wildman–Crippen MR) is 153 cm³/mol. The van der Waals surface area contributed by atoms with Crippen LogP contribution in [0.5, 0.6) is 23.0 Å². The molecular weight excluding hydrogens is 490 g/mol. The lowest BCUT2D eigenvalue weighted by Crippen LogP contribution is -2.44. The molecule has 2 heterocycles. The van der Waals surface area contributed by atoms with Crippen molar-refractivity contribution in [2.75, 3.05) is 58.8 Å². The quantitative estimate of drug-likeness (QED) is 0.266. The fourth-order valence-corrected chi connectivity index (χ4v) is 4.61. The fourth-order valence-electron chi connectivity index (χ4n) is 4.61. The maximum atomic E-state index is 9.80. The van der Waals surface area contributed by atoms with Gasteiger partial charge in [-0.05, 0) is 55.9 Å². The summed E-state index contributed by atoms with van der Waals surface area (Å²) in [5, 5.41) is 14.0. The van der Waals surface area contributed by atoms with Gasteiger partial charge in [0.05, 0.1) is 30.5 Å². The maximum absolute atomic E-state index is 9.80. The van der Waals surface area contributed by atoms with Crippen LogP contribution in [0.1, 0.15) is 12.0 Å². The summed E-state index contributed by atoms with van der Waals surface area (Å²) in [7, 11) is 3.79. The summed E-state index contributed by atoms with van der Waals surface area (Å²) in [6.07, 6.45) is 2.52. The number of aromatic nitrogens is 1. The Bertz CT molecular complexity index is 1430. The second-order valence-corrected chi connectivity index (χ2v) is 9.59. The van der Waals surface area contributed by atoms with Gasteiger partial charge in [-0.1, -0.05) is 18.2 Å². The Morgan fingerprint density at radius 1 is 0.949 bits per heavy atom. The summed E-state index contributed by atoms with van der Waals surface area (Å²) < 4.78 is 17.7. The van der Waals surface area contributed by atoms with Gasteiger partial charge in [0.1, 0.15) is 17.6 Å². The smallest absolute Gasteiger partial charge is 0.163 e. The van der Waals surface area contributed by atoms with Gasteiger partial charge in [-0.25, -0.2) is 0 Å². The van der Waals surface area contributed by atoms with Crippen LogP contribution in [0.25, 0.3) is 10.9 Å². The maximum Gasteiger partial charge on any atom is 0.163 e. The monoisotopic (exact) mass is 523 g/mol. The number of hydrogen-bond acceptors (Lipinski definition) is 8. The lowest BCUT2D eigenvalue weighted by atomic mass is 10.1. The van der Waals surface area contributed by atoms with Crippen LogP contribution < -0.4 is 19.5 Å². The van der Waals surface area contributed by atoms with Gasteiger partial charge < -0.3 is 29.3 Å². The third-order valence-electron chi connectivity index (χ3n) is 6.85. The van der Waals surface area contributed by atoms with E-state index >= 15 is 0 Å². The number of benzene rings is 3. The highest BCUT2D eigenvalue weighted by atomic mass is 16.5. The molecule has 1 N–H and O–H groups in total. The SMILES string of the molecule is COc1cc2c(Nc3ccc(Oc4ccccc4)cc3)c(C#N)cnc2cc1OCCCN1CCN(C)CC1. The molecule has 1 fully saturated rings. The van der Waals surface area contributed by atoms with Crippen LogP contribution >= 0.6 is 0 Å². The highest BCUT2D eigenvalue weighted by Crippen LogP contribution is 2.37. The van der Waals surface area contributed by atoms with Gasteiger partial charge >= 0.3 is 0 Å². The summed E-state index contributed by atoms with van der Waals surface area (Å²) in [6, 6.07) is 23.3. The van der Waals surface area contributed by atoms with Crippen molar-refractivity contribution in [3.8, 4) is 29.1 Å². The van der Waals surface area contributed by atoms with E-state index in [0.29, 0.717) is 29.4 Å². The summed E-state index contributed by atoms with van der Waals surface area (Å²) in [5.74, 6) is 2.75. The number of nitrogens with zero attached hydrogens (tertiary/aromatic N) is 4. The zero-order valence-electron chi connectivity index (χ0n) is 22.4. The van der Waals surface area contributed by atoms with E-state index in [-0.39, 0.29) is 0 Å². The zero-order chi connectivity index (χ0) is 27.0.